The Kier molecular flexibility index (Phi) is 8.21. The van der Waals surface area contributed by atoms with Crippen molar-refractivity contribution in [2.45, 2.75) is 19.0 Å². The van der Waals surface area contributed by atoms with Gasteiger partial charge >= 0.3 is 0 Å². The highest BCUT2D eigenvalue weighted by atomic mass is 35.5. The number of hydrogen-bond acceptors (Lipinski definition) is 8. The van der Waals surface area contributed by atoms with E-state index in [9.17, 15) is 9.59 Å². The van der Waals surface area contributed by atoms with Crippen LogP contribution in [0, 0.1) is 0 Å². The molecule has 2 N–H and O–H groups in total. The molecule has 3 aromatic rings. The number of benzene rings is 1. The Morgan fingerprint density at radius 3 is 2.57 bits per heavy atom. The Morgan fingerprint density at radius 2 is 1.95 bits per heavy atom. The van der Waals surface area contributed by atoms with Crippen LogP contribution in [-0.4, -0.2) is 72.3 Å². The first-order valence-electron chi connectivity index (χ1n) is 11.7. The van der Waals surface area contributed by atoms with Gasteiger partial charge in [-0.3, -0.25) is 14.2 Å². The highest BCUT2D eigenvalue weighted by molar-refractivity contribution is 6.41. The number of carbonyl (C=O) groups excluding carboxylic acids is 1. The standard InChI is InChI=1S/C25H28Cl2N6O4/c1-5-19(34)32-8-6-15(13-32)29-7-9-33-23-14(12-30-25(28-2)31-23)10-16(24(33)35)20-21(26)17(36-3)11-18(37-4)22(20)27/h5,10-12,15,29H,1,6-9,13H2,2-4H3,(H,28,30,31). The Bertz CT molecular complexity index is 1380. The molecule has 1 aromatic carbocycles. The molecule has 3 heterocycles. The van der Waals surface area contributed by atoms with E-state index in [-0.39, 0.29) is 33.1 Å². The van der Waals surface area contributed by atoms with Crippen molar-refractivity contribution in [2.24, 2.45) is 0 Å². The summed E-state index contributed by atoms with van der Waals surface area (Å²) in [5, 5.41) is 7.37. The molecule has 4 rings (SSSR count). The van der Waals surface area contributed by atoms with Crippen LogP contribution in [0.4, 0.5) is 5.95 Å². The molecule has 1 aliphatic heterocycles. The lowest BCUT2D eigenvalue weighted by molar-refractivity contribution is -0.125. The van der Waals surface area contributed by atoms with Gasteiger partial charge in [-0.15, -0.1) is 0 Å². The molecular weight excluding hydrogens is 519 g/mol. The van der Waals surface area contributed by atoms with Crippen LogP contribution in [0.2, 0.25) is 10.0 Å². The Labute approximate surface area is 224 Å². The minimum Gasteiger partial charge on any atom is -0.495 e. The zero-order valence-electron chi connectivity index (χ0n) is 20.8. The third-order valence-electron chi connectivity index (χ3n) is 6.34. The number of pyridine rings is 1. The SMILES string of the molecule is C=CC(=O)N1CCC(NCCn2c(=O)c(-c3c(Cl)c(OC)cc(OC)c3Cl)cc3cnc(NC)nc32)C1. The van der Waals surface area contributed by atoms with Gasteiger partial charge in [-0.1, -0.05) is 29.8 Å². The second-order valence-electron chi connectivity index (χ2n) is 8.45. The van der Waals surface area contributed by atoms with Gasteiger partial charge in [0.1, 0.15) is 17.1 Å². The molecule has 196 valence electrons. The second-order valence-corrected chi connectivity index (χ2v) is 9.21. The molecular formula is C25H28Cl2N6O4. The van der Waals surface area contributed by atoms with E-state index in [2.05, 4.69) is 27.2 Å². The number of nitrogens with zero attached hydrogens (tertiary/aromatic N) is 4. The van der Waals surface area contributed by atoms with Crippen molar-refractivity contribution in [1.82, 2.24) is 24.8 Å². The lowest BCUT2D eigenvalue weighted by Crippen LogP contribution is -2.37. The summed E-state index contributed by atoms with van der Waals surface area (Å²) in [6.45, 7) is 5.58. The van der Waals surface area contributed by atoms with Gasteiger partial charge in [0.15, 0.2) is 0 Å². The molecule has 1 atom stereocenters. The summed E-state index contributed by atoms with van der Waals surface area (Å²) in [5.74, 6) is 0.951. The van der Waals surface area contributed by atoms with E-state index in [1.165, 1.54) is 20.3 Å². The lowest BCUT2D eigenvalue weighted by atomic mass is 10.0. The predicted molar refractivity (Wildman–Crippen MR) is 145 cm³/mol. The van der Waals surface area contributed by atoms with E-state index in [1.807, 2.05) is 0 Å². The van der Waals surface area contributed by atoms with Crippen LogP contribution in [0.1, 0.15) is 6.42 Å². The number of nitrogens with one attached hydrogen (secondary N) is 2. The number of hydrogen-bond donors (Lipinski definition) is 2. The highest BCUT2D eigenvalue weighted by Crippen LogP contribution is 2.45. The zero-order chi connectivity index (χ0) is 26.7. The van der Waals surface area contributed by atoms with E-state index < -0.39 is 0 Å². The van der Waals surface area contributed by atoms with Gasteiger partial charge in [0.2, 0.25) is 11.9 Å². The van der Waals surface area contributed by atoms with E-state index in [0.29, 0.717) is 60.2 Å². The zero-order valence-corrected chi connectivity index (χ0v) is 22.3. The van der Waals surface area contributed by atoms with E-state index in [4.69, 9.17) is 32.7 Å². The van der Waals surface area contributed by atoms with Crippen molar-refractivity contribution in [1.29, 1.82) is 0 Å². The second kappa shape index (κ2) is 11.4. The molecule has 37 heavy (non-hydrogen) atoms. The fourth-order valence-corrected chi connectivity index (χ4v) is 5.13. The Morgan fingerprint density at radius 1 is 1.24 bits per heavy atom. The van der Waals surface area contributed by atoms with Gasteiger partial charge in [-0.05, 0) is 18.6 Å². The number of amides is 1. The third kappa shape index (κ3) is 5.22. The first-order chi connectivity index (χ1) is 17.8. The molecule has 1 saturated heterocycles. The van der Waals surface area contributed by atoms with Crippen molar-refractivity contribution in [2.75, 3.05) is 46.2 Å². The molecule has 1 aliphatic rings. The van der Waals surface area contributed by atoms with Crippen LogP contribution in [0.25, 0.3) is 22.2 Å². The maximum atomic E-state index is 13.9. The van der Waals surface area contributed by atoms with Crippen LogP contribution in [0.3, 0.4) is 0 Å². The summed E-state index contributed by atoms with van der Waals surface area (Å²) >= 11 is 13.3. The van der Waals surface area contributed by atoms with E-state index >= 15 is 0 Å². The van der Waals surface area contributed by atoms with Gasteiger partial charge < -0.3 is 25.0 Å². The van der Waals surface area contributed by atoms with Crippen molar-refractivity contribution in [3.05, 3.63) is 51.4 Å². The topological polar surface area (TPSA) is 111 Å². The Hall–Kier alpha value is -3.34. The lowest BCUT2D eigenvalue weighted by Gasteiger charge is -2.18. The van der Waals surface area contributed by atoms with Crippen molar-refractivity contribution >= 4 is 46.1 Å². The molecule has 10 nitrogen and oxygen atoms in total. The number of rotatable bonds is 9. The van der Waals surface area contributed by atoms with Gasteiger partial charge in [0, 0.05) is 62.5 Å². The number of halogens is 2. The number of anilines is 1. The molecule has 1 amide bonds. The highest BCUT2D eigenvalue weighted by Gasteiger charge is 2.25. The van der Waals surface area contributed by atoms with Crippen LogP contribution in [-0.2, 0) is 11.3 Å². The molecule has 1 fully saturated rings. The molecule has 2 aromatic heterocycles. The number of carbonyl (C=O) groups is 1. The third-order valence-corrected chi connectivity index (χ3v) is 7.09. The first kappa shape index (κ1) is 26.7. The maximum absolute atomic E-state index is 13.9. The summed E-state index contributed by atoms with van der Waals surface area (Å²) < 4.78 is 12.4. The van der Waals surface area contributed by atoms with Crippen LogP contribution in [0.15, 0.2) is 35.8 Å². The van der Waals surface area contributed by atoms with Crippen molar-refractivity contribution in [3.8, 4) is 22.6 Å². The fraction of sp³-hybridized carbons (Fsp3) is 0.360. The number of fused-ring (bicyclic) bond motifs is 1. The molecule has 0 aliphatic carbocycles. The maximum Gasteiger partial charge on any atom is 0.260 e. The number of likely N-dealkylation sites (tertiary alicyclic amines) is 1. The first-order valence-corrected chi connectivity index (χ1v) is 12.4. The number of aromatic nitrogens is 3. The summed E-state index contributed by atoms with van der Waals surface area (Å²) in [6.07, 6.45) is 3.77. The molecule has 0 spiro atoms. The smallest absolute Gasteiger partial charge is 0.260 e. The van der Waals surface area contributed by atoms with Gasteiger partial charge in [-0.25, -0.2) is 4.98 Å². The molecule has 0 radical (unpaired) electrons. The van der Waals surface area contributed by atoms with Crippen molar-refractivity contribution in [3.63, 3.8) is 0 Å². The van der Waals surface area contributed by atoms with E-state index in [0.717, 1.165) is 6.42 Å². The molecule has 0 saturated carbocycles. The summed E-state index contributed by atoms with van der Waals surface area (Å²) in [5.41, 5.74) is 0.709. The average Bonchev–Trinajstić information content (AvgIpc) is 3.39. The summed E-state index contributed by atoms with van der Waals surface area (Å²) in [6, 6.07) is 3.35. The fourth-order valence-electron chi connectivity index (χ4n) is 4.42. The quantitative estimate of drug-likeness (QED) is 0.393. The van der Waals surface area contributed by atoms with E-state index in [1.54, 1.807) is 34.8 Å². The minimum absolute atomic E-state index is 0.0852. The Balaban J connectivity index is 1.75. The molecule has 1 unspecified atom stereocenters. The van der Waals surface area contributed by atoms with Crippen LogP contribution < -0.4 is 25.7 Å². The minimum atomic E-state index is -0.330. The summed E-state index contributed by atoms with van der Waals surface area (Å²) in [7, 11) is 4.66. The van der Waals surface area contributed by atoms with Crippen LogP contribution in [0.5, 0.6) is 11.5 Å². The van der Waals surface area contributed by atoms with Gasteiger partial charge in [0.05, 0.1) is 29.8 Å². The van der Waals surface area contributed by atoms with Crippen molar-refractivity contribution < 1.29 is 14.3 Å². The van der Waals surface area contributed by atoms with Gasteiger partial charge in [0.25, 0.3) is 5.56 Å². The molecule has 12 heteroatoms. The van der Waals surface area contributed by atoms with Crippen LogP contribution >= 0.6 is 23.2 Å². The summed E-state index contributed by atoms with van der Waals surface area (Å²) in [4.78, 5) is 36.4. The number of ether oxygens (including phenoxy) is 2. The normalized spacial score (nSPS) is 15.2. The van der Waals surface area contributed by atoms with Gasteiger partial charge in [-0.2, -0.15) is 4.98 Å². The average molecular weight is 547 g/mol. The molecule has 0 bridgehead atoms. The largest absolute Gasteiger partial charge is 0.495 e. The number of methoxy groups -OCH3 is 2. The monoisotopic (exact) mass is 546 g/mol. The predicted octanol–water partition coefficient (Wildman–Crippen LogP) is 3.20.